The van der Waals surface area contributed by atoms with Gasteiger partial charge >= 0.3 is 0 Å². The van der Waals surface area contributed by atoms with Gasteiger partial charge in [0.25, 0.3) is 0 Å². The molecule has 0 saturated heterocycles. The van der Waals surface area contributed by atoms with Crippen LogP contribution in [0.5, 0.6) is 0 Å². The summed E-state index contributed by atoms with van der Waals surface area (Å²) in [6, 6.07) is 53.1. The SMILES string of the molecule is C[C@@H]1C[C@@H]2C[C@H](C)CC(c3ccc(-c4nc(-c5cccc(-c6ccccc6)c5)nc(-c5cccc6c7cc(C#N)ccc7n(-c7ccccc7)c56)n4)cc3)(C1)C2. The summed E-state index contributed by atoms with van der Waals surface area (Å²) in [4.78, 5) is 15.8. The molecule has 8 aromatic rings. The van der Waals surface area contributed by atoms with Gasteiger partial charge in [0.2, 0.25) is 0 Å². The first-order chi connectivity index (χ1) is 27.4. The van der Waals surface area contributed by atoms with Gasteiger partial charge < -0.3 is 4.57 Å². The summed E-state index contributed by atoms with van der Waals surface area (Å²) in [5, 5.41) is 11.9. The number of hydrogen-bond acceptors (Lipinski definition) is 4. The van der Waals surface area contributed by atoms with Gasteiger partial charge in [-0.15, -0.1) is 0 Å². The summed E-state index contributed by atoms with van der Waals surface area (Å²) in [6.07, 6.45) is 6.55. The number of para-hydroxylation sites is 2. The molecule has 0 aliphatic heterocycles. The van der Waals surface area contributed by atoms with Crippen LogP contribution < -0.4 is 0 Å². The lowest BCUT2D eigenvalue weighted by atomic mass is 9.54. The Labute approximate surface area is 328 Å². The molecule has 2 fully saturated rings. The third-order valence-corrected chi connectivity index (χ3v) is 12.4. The second-order valence-electron chi connectivity index (χ2n) is 16.5. The molecule has 2 heterocycles. The molecule has 0 N–H and O–H groups in total. The number of rotatable bonds is 6. The maximum Gasteiger partial charge on any atom is 0.166 e. The Balaban J connectivity index is 1.17. The van der Waals surface area contributed by atoms with Crippen molar-refractivity contribution in [3.63, 3.8) is 0 Å². The van der Waals surface area contributed by atoms with E-state index in [1.165, 1.54) is 37.7 Å². The highest BCUT2D eigenvalue weighted by atomic mass is 15.0. The second kappa shape index (κ2) is 13.7. The molecule has 10 rings (SSSR count). The highest BCUT2D eigenvalue weighted by Crippen LogP contribution is 2.54. The van der Waals surface area contributed by atoms with Crippen LogP contribution in [0, 0.1) is 29.1 Å². The van der Waals surface area contributed by atoms with E-state index in [-0.39, 0.29) is 5.41 Å². The Morgan fingerprint density at radius 1 is 0.571 bits per heavy atom. The van der Waals surface area contributed by atoms with Crippen LogP contribution in [-0.2, 0) is 5.41 Å². The zero-order valence-corrected chi connectivity index (χ0v) is 31.9. The lowest BCUT2D eigenvalue weighted by molar-refractivity contribution is 0.0780. The first-order valence-corrected chi connectivity index (χ1v) is 20.0. The second-order valence-corrected chi connectivity index (χ2v) is 16.5. The van der Waals surface area contributed by atoms with Crippen molar-refractivity contribution in [2.24, 2.45) is 17.8 Å². The van der Waals surface area contributed by atoms with Crippen molar-refractivity contribution in [1.29, 1.82) is 5.26 Å². The number of nitriles is 1. The van der Waals surface area contributed by atoms with Crippen LogP contribution in [0.1, 0.15) is 57.1 Å². The van der Waals surface area contributed by atoms with Crippen molar-refractivity contribution in [1.82, 2.24) is 19.5 Å². The summed E-state index contributed by atoms with van der Waals surface area (Å²) in [5.74, 6) is 4.21. The Bertz CT molecular complexity index is 2760. The number of benzene rings is 6. The van der Waals surface area contributed by atoms with Gasteiger partial charge in [-0.1, -0.05) is 117 Å². The van der Waals surface area contributed by atoms with Gasteiger partial charge in [-0.3, -0.25) is 0 Å². The van der Waals surface area contributed by atoms with Crippen molar-refractivity contribution < 1.29 is 0 Å². The number of fused-ring (bicyclic) bond motifs is 5. The van der Waals surface area contributed by atoms with E-state index in [1.54, 1.807) is 0 Å². The minimum Gasteiger partial charge on any atom is -0.308 e. The third-order valence-electron chi connectivity index (χ3n) is 12.4. The molecule has 272 valence electrons. The monoisotopic (exact) mass is 725 g/mol. The van der Waals surface area contributed by atoms with E-state index in [2.05, 4.69) is 140 Å². The first-order valence-electron chi connectivity index (χ1n) is 20.0. The van der Waals surface area contributed by atoms with Crippen LogP contribution in [0.15, 0.2) is 146 Å². The summed E-state index contributed by atoms with van der Waals surface area (Å²) in [7, 11) is 0. The maximum atomic E-state index is 9.87. The van der Waals surface area contributed by atoms with E-state index < -0.39 is 0 Å². The lowest BCUT2D eigenvalue weighted by Crippen LogP contribution is -2.42. The Morgan fingerprint density at radius 2 is 1.21 bits per heavy atom. The summed E-state index contributed by atoms with van der Waals surface area (Å²) in [6.45, 7) is 4.90. The molecular formula is C51H43N5. The van der Waals surface area contributed by atoms with Gasteiger partial charge in [-0.2, -0.15) is 5.26 Å². The van der Waals surface area contributed by atoms with Crippen LogP contribution in [0.2, 0.25) is 0 Å². The fourth-order valence-electron chi connectivity index (χ4n) is 10.4. The average molecular weight is 726 g/mol. The molecule has 0 radical (unpaired) electrons. The van der Waals surface area contributed by atoms with Crippen LogP contribution in [0.25, 0.3) is 72.8 Å². The van der Waals surface area contributed by atoms with Gasteiger partial charge in [0.1, 0.15) is 0 Å². The Kier molecular flexibility index (Phi) is 8.37. The van der Waals surface area contributed by atoms with Crippen molar-refractivity contribution in [3.05, 3.63) is 157 Å². The fourth-order valence-corrected chi connectivity index (χ4v) is 10.4. The molecular weight excluding hydrogens is 683 g/mol. The van der Waals surface area contributed by atoms with Crippen LogP contribution in [0.4, 0.5) is 0 Å². The predicted octanol–water partition coefficient (Wildman–Crippen LogP) is 12.6. The molecule has 5 nitrogen and oxygen atoms in total. The zero-order chi connectivity index (χ0) is 37.8. The molecule has 2 aromatic heterocycles. The molecule has 2 bridgehead atoms. The number of nitrogens with zero attached hydrogens (tertiary/aromatic N) is 5. The summed E-state index contributed by atoms with van der Waals surface area (Å²) in [5.41, 5.74) is 10.4. The van der Waals surface area contributed by atoms with E-state index >= 15 is 0 Å². The van der Waals surface area contributed by atoms with Crippen molar-refractivity contribution >= 4 is 21.8 Å². The first kappa shape index (κ1) is 34.1. The molecule has 0 amide bonds. The van der Waals surface area contributed by atoms with Crippen LogP contribution in [0.3, 0.4) is 0 Å². The average Bonchev–Trinajstić information content (AvgIpc) is 3.57. The van der Waals surface area contributed by atoms with Crippen LogP contribution in [-0.4, -0.2) is 19.5 Å². The molecule has 2 aliphatic rings. The van der Waals surface area contributed by atoms with Crippen molar-refractivity contribution in [3.8, 4) is 57.0 Å². The van der Waals surface area contributed by atoms with Crippen LogP contribution >= 0.6 is 0 Å². The minimum atomic E-state index is 0.248. The van der Waals surface area contributed by atoms with E-state index in [1.807, 2.05) is 30.3 Å². The van der Waals surface area contributed by atoms with Gasteiger partial charge in [0.15, 0.2) is 17.5 Å². The molecule has 6 aromatic carbocycles. The molecule has 2 saturated carbocycles. The van der Waals surface area contributed by atoms with E-state index in [4.69, 9.17) is 15.0 Å². The standard InChI is InChI=1S/C51H43N5/c1-33-25-36-26-34(2)30-51(29-33,31-36)41-22-20-38(21-23-41)48-53-49(40-14-9-13-39(28-40)37-11-5-3-6-12-37)55-50(54-48)44-18-10-17-43-45-27-35(32-52)19-24-46(45)56(47(43)44)42-15-7-4-8-16-42/h3-24,27-28,33-34,36H,25-26,29-31H2,1-2H3/t33-,34+,36-,51?. The number of hydrogen-bond donors (Lipinski definition) is 0. The fraction of sp³-hybridized carbons (Fsp3) is 0.216. The Hall–Kier alpha value is -6.38. The van der Waals surface area contributed by atoms with E-state index in [0.29, 0.717) is 23.0 Å². The molecule has 5 heteroatoms. The molecule has 4 atom stereocenters. The minimum absolute atomic E-state index is 0.248. The topological polar surface area (TPSA) is 67.4 Å². The van der Waals surface area contributed by atoms with Gasteiger partial charge in [0, 0.05) is 33.2 Å². The number of aromatic nitrogens is 4. The highest BCUT2D eigenvalue weighted by molar-refractivity contribution is 6.13. The zero-order valence-electron chi connectivity index (χ0n) is 31.9. The molecule has 1 unspecified atom stereocenters. The van der Waals surface area contributed by atoms with E-state index in [9.17, 15) is 5.26 Å². The molecule has 0 spiro atoms. The van der Waals surface area contributed by atoms with E-state index in [0.717, 1.165) is 73.1 Å². The molecule has 2 aliphatic carbocycles. The summed E-state index contributed by atoms with van der Waals surface area (Å²) < 4.78 is 2.28. The lowest BCUT2D eigenvalue weighted by Gasteiger charge is -2.50. The quantitative estimate of drug-likeness (QED) is 0.171. The third kappa shape index (κ3) is 5.97. The van der Waals surface area contributed by atoms with Gasteiger partial charge in [-0.25, -0.2) is 15.0 Å². The van der Waals surface area contributed by atoms with Crippen molar-refractivity contribution in [2.45, 2.75) is 51.4 Å². The Morgan fingerprint density at radius 3 is 1.95 bits per heavy atom. The normalized spacial score (nSPS) is 20.6. The molecule has 56 heavy (non-hydrogen) atoms. The highest BCUT2D eigenvalue weighted by Gasteiger charge is 2.45. The predicted molar refractivity (Wildman–Crippen MR) is 227 cm³/mol. The maximum absolute atomic E-state index is 9.87. The summed E-state index contributed by atoms with van der Waals surface area (Å²) >= 11 is 0. The van der Waals surface area contributed by atoms with Gasteiger partial charge in [-0.05, 0) is 114 Å². The van der Waals surface area contributed by atoms with Gasteiger partial charge in [0.05, 0.1) is 22.7 Å². The smallest absolute Gasteiger partial charge is 0.166 e. The van der Waals surface area contributed by atoms with Crippen molar-refractivity contribution in [2.75, 3.05) is 0 Å². The largest absolute Gasteiger partial charge is 0.308 e.